The van der Waals surface area contributed by atoms with E-state index in [1.165, 1.54) is 25.7 Å². The first-order valence-corrected chi connectivity index (χ1v) is 6.34. The predicted octanol–water partition coefficient (Wildman–Crippen LogP) is 1.11. The molecule has 0 aromatic heterocycles. The van der Waals surface area contributed by atoms with Crippen molar-refractivity contribution in [2.45, 2.75) is 38.1 Å². The molecule has 1 rings (SSSR count). The van der Waals surface area contributed by atoms with Gasteiger partial charge in [0.25, 0.3) is 0 Å². The van der Waals surface area contributed by atoms with Gasteiger partial charge in [0, 0.05) is 5.75 Å². The molecule has 4 heteroatoms. The highest BCUT2D eigenvalue weighted by molar-refractivity contribution is 7.99. The Bertz CT molecular complexity index is 200. The van der Waals surface area contributed by atoms with Crippen molar-refractivity contribution in [2.75, 3.05) is 11.5 Å². The summed E-state index contributed by atoms with van der Waals surface area (Å²) >= 11 is 1.76. The fraction of sp³-hybridized carbons (Fsp3) is 0.900. The van der Waals surface area contributed by atoms with Crippen LogP contribution in [0, 0.1) is 5.92 Å². The van der Waals surface area contributed by atoms with E-state index in [0.717, 1.165) is 11.7 Å². The van der Waals surface area contributed by atoms with Gasteiger partial charge in [0.2, 0.25) is 5.91 Å². The lowest BCUT2D eigenvalue weighted by atomic mass is 10.1. The maximum atomic E-state index is 10.9. The van der Waals surface area contributed by atoms with E-state index in [4.69, 9.17) is 11.5 Å². The topological polar surface area (TPSA) is 69.1 Å². The molecule has 4 N–H and O–H groups in total. The molecule has 0 aliphatic heterocycles. The quantitative estimate of drug-likeness (QED) is 0.723. The number of amides is 1. The van der Waals surface area contributed by atoms with Gasteiger partial charge in [-0.1, -0.05) is 12.8 Å². The fourth-order valence-electron chi connectivity index (χ4n) is 1.69. The molecule has 82 valence electrons. The van der Waals surface area contributed by atoms with Crippen LogP contribution >= 0.6 is 11.8 Å². The van der Waals surface area contributed by atoms with Crippen LogP contribution in [-0.4, -0.2) is 23.0 Å². The number of carbonyl (C=O) groups excluding carboxylic acids is 1. The van der Waals surface area contributed by atoms with Crippen molar-refractivity contribution in [2.24, 2.45) is 17.4 Å². The second kappa shape index (κ2) is 5.03. The van der Waals surface area contributed by atoms with Crippen LogP contribution in [0.25, 0.3) is 0 Å². The van der Waals surface area contributed by atoms with Crippen molar-refractivity contribution in [3.63, 3.8) is 0 Å². The predicted molar refractivity (Wildman–Crippen MR) is 61.1 cm³/mol. The zero-order chi connectivity index (χ0) is 10.6. The molecule has 1 fully saturated rings. The lowest BCUT2D eigenvalue weighted by Gasteiger charge is -2.20. The monoisotopic (exact) mass is 216 g/mol. The van der Waals surface area contributed by atoms with E-state index >= 15 is 0 Å². The first-order valence-electron chi connectivity index (χ1n) is 5.19. The summed E-state index contributed by atoms with van der Waals surface area (Å²) in [7, 11) is 0. The van der Waals surface area contributed by atoms with Gasteiger partial charge >= 0.3 is 0 Å². The Morgan fingerprint density at radius 3 is 2.57 bits per heavy atom. The number of primary amides is 1. The minimum atomic E-state index is -0.844. The van der Waals surface area contributed by atoms with E-state index in [-0.39, 0.29) is 0 Å². The normalized spacial score (nSPS) is 22.1. The standard InChI is InChI=1S/C10H20N2OS/c1-10(12,9(11)13)7-14-6-8-4-2-3-5-8/h8H,2-7,12H2,1H3,(H2,11,13). The Hall–Kier alpha value is -0.220. The molecule has 0 aromatic carbocycles. The zero-order valence-electron chi connectivity index (χ0n) is 8.79. The highest BCUT2D eigenvalue weighted by atomic mass is 32.2. The van der Waals surface area contributed by atoms with Crippen LogP contribution in [0.1, 0.15) is 32.6 Å². The summed E-state index contributed by atoms with van der Waals surface area (Å²) in [6.07, 6.45) is 5.40. The minimum Gasteiger partial charge on any atom is -0.368 e. The van der Waals surface area contributed by atoms with Crippen LogP contribution in [0.15, 0.2) is 0 Å². The smallest absolute Gasteiger partial charge is 0.238 e. The largest absolute Gasteiger partial charge is 0.368 e. The third kappa shape index (κ3) is 3.50. The lowest BCUT2D eigenvalue weighted by molar-refractivity contribution is -0.121. The highest BCUT2D eigenvalue weighted by Gasteiger charge is 2.26. The van der Waals surface area contributed by atoms with Crippen molar-refractivity contribution in [1.29, 1.82) is 0 Å². The molecule has 0 radical (unpaired) electrons. The third-order valence-corrected chi connectivity index (χ3v) is 4.30. The highest BCUT2D eigenvalue weighted by Crippen LogP contribution is 2.28. The molecule has 0 saturated heterocycles. The zero-order valence-corrected chi connectivity index (χ0v) is 9.61. The van der Waals surface area contributed by atoms with Crippen LogP contribution in [0.2, 0.25) is 0 Å². The number of carbonyl (C=O) groups is 1. The van der Waals surface area contributed by atoms with Gasteiger partial charge in [-0.15, -0.1) is 0 Å². The number of nitrogens with two attached hydrogens (primary N) is 2. The minimum absolute atomic E-state index is 0.406. The third-order valence-electron chi connectivity index (χ3n) is 2.79. The summed E-state index contributed by atoms with van der Waals surface area (Å²) in [5, 5.41) is 0. The fourth-order valence-corrected chi connectivity index (χ4v) is 3.04. The average Bonchev–Trinajstić information content (AvgIpc) is 2.56. The van der Waals surface area contributed by atoms with Gasteiger partial charge in [0.15, 0.2) is 0 Å². The van der Waals surface area contributed by atoms with E-state index < -0.39 is 11.4 Å². The van der Waals surface area contributed by atoms with Crippen molar-refractivity contribution in [1.82, 2.24) is 0 Å². The van der Waals surface area contributed by atoms with E-state index in [2.05, 4.69) is 0 Å². The molecule has 1 aliphatic rings. The van der Waals surface area contributed by atoms with E-state index in [1.54, 1.807) is 18.7 Å². The number of hydrogen-bond acceptors (Lipinski definition) is 3. The Labute approximate surface area is 90.0 Å². The van der Waals surface area contributed by atoms with Gasteiger partial charge in [0.05, 0.1) is 0 Å². The molecule has 1 saturated carbocycles. The maximum Gasteiger partial charge on any atom is 0.238 e. The van der Waals surface area contributed by atoms with Gasteiger partial charge in [-0.2, -0.15) is 11.8 Å². The summed E-state index contributed by atoms with van der Waals surface area (Å²) in [6.45, 7) is 1.71. The average molecular weight is 216 g/mol. The van der Waals surface area contributed by atoms with Crippen LogP contribution in [0.3, 0.4) is 0 Å². The van der Waals surface area contributed by atoms with Crippen molar-refractivity contribution in [3.05, 3.63) is 0 Å². The maximum absolute atomic E-state index is 10.9. The lowest BCUT2D eigenvalue weighted by Crippen LogP contribution is -2.51. The molecule has 0 spiro atoms. The summed E-state index contributed by atoms with van der Waals surface area (Å²) in [6, 6.07) is 0. The van der Waals surface area contributed by atoms with Crippen LogP contribution in [0.4, 0.5) is 0 Å². The molecular formula is C10H20N2OS. The Morgan fingerprint density at radius 2 is 2.07 bits per heavy atom. The van der Waals surface area contributed by atoms with Crippen molar-refractivity contribution < 1.29 is 4.79 Å². The van der Waals surface area contributed by atoms with Gasteiger partial charge in [-0.3, -0.25) is 4.79 Å². The molecule has 14 heavy (non-hydrogen) atoms. The van der Waals surface area contributed by atoms with Gasteiger partial charge in [0.1, 0.15) is 5.54 Å². The Morgan fingerprint density at radius 1 is 1.50 bits per heavy atom. The second-order valence-electron chi connectivity index (χ2n) is 4.45. The molecule has 1 amide bonds. The second-order valence-corrected chi connectivity index (χ2v) is 5.48. The molecule has 0 heterocycles. The summed E-state index contributed by atoms with van der Waals surface area (Å²) in [4.78, 5) is 10.9. The number of thioether (sulfide) groups is 1. The van der Waals surface area contributed by atoms with E-state index in [1.807, 2.05) is 0 Å². The summed E-state index contributed by atoms with van der Waals surface area (Å²) < 4.78 is 0. The molecule has 3 nitrogen and oxygen atoms in total. The molecule has 1 atom stereocenters. The molecular weight excluding hydrogens is 196 g/mol. The van der Waals surface area contributed by atoms with Crippen molar-refractivity contribution >= 4 is 17.7 Å². The molecule has 1 aliphatic carbocycles. The van der Waals surface area contributed by atoms with Gasteiger partial charge in [-0.05, 0) is 31.4 Å². The molecule has 0 bridgehead atoms. The van der Waals surface area contributed by atoms with Crippen molar-refractivity contribution in [3.8, 4) is 0 Å². The molecule has 0 aromatic rings. The summed E-state index contributed by atoms with van der Waals surface area (Å²) in [5.41, 5.74) is 10.1. The molecule has 1 unspecified atom stereocenters. The van der Waals surface area contributed by atoms with Gasteiger partial charge in [-0.25, -0.2) is 0 Å². The van der Waals surface area contributed by atoms with Crippen LogP contribution in [-0.2, 0) is 4.79 Å². The van der Waals surface area contributed by atoms with E-state index in [0.29, 0.717) is 5.75 Å². The summed E-state index contributed by atoms with van der Waals surface area (Å²) in [5.74, 6) is 2.19. The Balaban J connectivity index is 2.16. The number of hydrogen-bond donors (Lipinski definition) is 2. The first kappa shape index (κ1) is 11.9. The van der Waals surface area contributed by atoms with Gasteiger partial charge < -0.3 is 11.5 Å². The van der Waals surface area contributed by atoms with E-state index in [9.17, 15) is 4.79 Å². The Kier molecular flexibility index (Phi) is 4.26. The first-order chi connectivity index (χ1) is 6.52. The van der Waals surface area contributed by atoms with Crippen LogP contribution < -0.4 is 11.5 Å². The number of rotatable bonds is 5. The SMILES string of the molecule is CC(N)(CSCC1CCCC1)C(N)=O. The van der Waals surface area contributed by atoms with Crippen LogP contribution in [0.5, 0.6) is 0 Å².